The summed E-state index contributed by atoms with van der Waals surface area (Å²) in [5.41, 5.74) is 0. The van der Waals surface area contributed by atoms with Crippen LogP contribution in [0.2, 0.25) is 0 Å². The van der Waals surface area contributed by atoms with Crippen LogP contribution in [0.3, 0.4) is 0 Å². The van der Waals surface area contributed by atoms with Gasteiger partial charge in [0.15, 0.2) is 24.8 Å². The highest BCUT2D eigenvalue weighted by Crippen LogP contribution is 2.31. The Kier molecular flexibility index (Phi) is 8.72. The van der Waals surface area contributed by atoms with Crippen molar-refractivity contribution >= 4 is 11.9 Å². The summed E-state index contributed by atoms with van der Waals surface area (Å²) in [5, 5.41) is 60.3. The molecular formula is C18H30O13. The Morgan fingerprint density at radius 3 is 1.58 bits per heavy atom. The van der Waals surface area contributed by atoms with Gasteiger partial charge in [-0.3, -0.25) is 0 Å². The normalized spacial score (nSPS) is 41.5. The Morgan fingerprint density at radius 1 is 0.677 bits per heavy atom. The molecule has 2 fully saturated rings. The van der Waals surface area contributed by atoms with Crippen molar-refractivity contribution in [3.8, 4) is 0 Å². The summed E-state index contributed by atoms with van der Waals surface area (Å²) in [6, 6.07) is 0. The average molecular weight is 454 g/mol. The van der Waals surface area contributed by atoms with Crippen LogP contribution in [0.5, 0.6) is 0 Å². The molecule has 10 atom stereocenters. The van der Waals surface area contributed by atoms with Crippen molar-refractivity contribution in [2.45, 2.75) is 101 Å². The fourth-order valence-electron chi connectivity index (χ4n) is 3.34. The number of aliphatic hydroxyl groups is 4. The molecule has 4 unspecified atom stereocenters. The molecule has 180 valence electrons. The minimum Gasteiger partial charge on any atom is -0.479 e. The average Bonchev–Trinajstić information content (AvgIpc) is 2.65. The third-order valence-electron chi connectivity index (χ3n) is 4.70. The van der Waals surface area contributed by atoms with Crippen LogP contribution in [0.4, 0.5) is 0 Å². The van der Waals surface area contributed by atoms with E-state index in [1.165, 1.54) is 0 Å². The van der Waals surface area contributed by atoms with Gasteiger partial charge in [0.25, 0.3) is 0 Å². The molecule has 2 aliphatic heterocycles. The molecule has 2 rings (SSSR count). The van der Waals surface area contributed by atoms with Crippen LogP contribution in [0.25, 0.3) is 0 Å². The Hall–Kier alpha value is -1.42. The number of rotatable bonds is 8. The van der Waals surface area contributed by atoms with Crippen molar-refractivity contribution in [2.24, 2.45) is 0 Å². The van der Waals surface area contributed by atoms with Crippen LogP contribution in [-0.4, -0.2) is 116 Å². The third-order valence-corrected chi connectivity index (χ3v) is 4.70. The maximum Gasteiger partial charge on any atom is 0.335 e. The van der Waals surface area contributed by atoms with E-state index in [0.717, 1.165) is 0 Å². The van der Waals surface area contributed by atoms with E-state index >= 15 is 0 Å². The number of carboxylic acids is 2. The van der Waals surface area contributed by atoms with Crippen molar-refractivity contribution < 1.29 is 63.9 Å². The molecule has 0 aromatic carbocycles. The summed E-state index contributed by atoms with van der Waals surface area (Å²) in [5.74, 6) is -3.10. The molecule has 2 saturated heterocycles. The maximum absolute atomic E-state index is 11.7. The highest BCUT2D eigenvalue weighted by atomic mass is 16.7. The summed E-state index contributed by atoms with van der Waals surface area (Å²) in [7, 11) is 0. The topological polar surface area (TPSA) is 202 Å². The molecule has 0 spiro atoms. The second-order valence-corrected chi connectivity index (χ2v) is 7.92. The molecule has 2 heterocycles. The van der Waals surface area contributed by atoms with Crippen LogP contribution in [-0.2, 0) is 33.3 Å². The second kappa shape index (κ2) is 10.5. The molecule has 0 amide bonds. The zero-order valence-electron chi connectivity index (χ0n) is 17.5. The number of ether oxygens (including phenoxy) is 5. The largest absolute Gasteiger partial charge is 0.479 e. The highest BCUT2D eigenvalue weighted by molar-refractivity contribution is 5.74. The van der Waals surface area contributed by atoms with Gasteiger partial charge in [0.1, 0.15) is 36.6 Å². The lowest BCUT2D eigenvalue weighted by Crippen LogP contribution is -2.66. The zero-order chi connectivity index (χ0) is 23.6. The van der Waals surface area contributed by atoms with E-state index in [1.54, 1.807) is 27.7 Å². The van der Waals surface area contributed by atoms with Gasteiger partial charge in [0.05, 0.1) is 12.2 Å². The van der Waals surface area contributed by atoms with Crippen molar-refractivity contribution in [1.82, 2.24) is 0 Å². The predicted molar refractivity (Wildman–Crippen MR) is 97.7 cm³/mol. The quantitative estimate of drug-likeness (QED) is 0.228. The molecule has 13 nitrogen and oxygen atoms in total. The van der Waals surface area contributed by atoms with E-state index in [0.29, 0.717) is 0 Å². The number of aliphatic carboxylic acids is 2. The number of hydrogen-bond acceptors (Lipinski definition) is 11. The van der Waals surface area contributed by atoms with Crippen LogP contribution < -0.4 is 0 Å². The fraction of sp³-hybridized carbons (Fsp3) is 0.889. The van der Waals surface area contributed by atoms with Crippen LogP contribution in [0, 0.1) is 0 Å². The summed E-state index contributed by atoms with van der Waals surface area (Å²) >= 11 is 0. The summed E-state index contributed by atoms with van der Waals surface area (Å²) < 4.78 is 26.4. The first-order valence-corrected chi connectivity index (χ1v) is 9.80. The standard InChI is InChI=1S/C18H30O13/c1-5(2)27-11-7(19)10(22)18(31-13(11)15(23)24)29-12-8(20)9(21)17(28-6(3)4)30-14(12)16(25)26/h5-14,17-22H,1-4H3,(H,23,24)(H,25,26)/t7?,8?,9-,10-,11+,12+,13?,14?,17-,18-/m1/s1. The second-order valence-electron chi connectivity index (χ2n) is 7.92. The predicted octanol–water partition coefficient (Wildman–Crippen LogP) is -2.35. The van der Waals surface area contributed by atoms with Gasteiger partial charge in [-0.1, -0.05) is 0 Å². The van der Waals surface area contributed by atoms with E-state index < -0.39 is 85.6 Å². The number of carbonyl (C=O) groups is 2. The molecule has 0 radical (unpaired) electrons. The lowest BCUT2D eigenvalue weighted by Gasteiger charge is -2.45. The molecule has 13 heteroatoms. The maximum atomic E-state index is 11.7. The van der Waals surface area contributed by atoms with Crippen molar-refractivity contribution in [3.63, 3.8) is 0 Å². The molecular weight excluding hydrogens is 424 g/mol. The lowest BCUT2D eigenvalue weighted by atomic mass is 9.96. The molecule has 2 aliphatic rings. The van der Waals surface area contributed by atoms with Crippen molar-refractivity contribution in [2.75, 3.05) is 0 Å². The Morgan fingerprint density at radius 2 is 1.10 bits per heavy atom. The van der Waals surface area contributed by atoms with E-state index in [4.69, 9.17) is 23.7 Å². The van der Waals surface area contributed by atoms with E-state index in [2.05, 4.69) is 0 Å². The Balaban J connectivity index is 2.24. The van der Waals surface area contributed by atoms with Crippen molar-refractivity contribution in [1.29, 1.82) is 0 Å². The van der Waals surface area contributed by atoms with Gasteiger partial charge < -0.3 is 54.3 Å². The molecule has 0 saturated carbocycles. The fourth-order valence-corrected chi connectivity index (χ4v) is 3.34. The summed E-state index contributed by atoms with van der Waals surface area (Å²) in [6.07, 6.45) is -18.4. The highest BCUT2D eigenvalue weighted by Gasteiger charge is 2.54. The monoisotopic (exact) mass is 454 g/mol. The molecule has 0 bridgehead atoms. The van der Waals surface area contributed by atoms with E-state index in [-0.39, 0.29) is 0 Å². The minimum absolute atomic E-state index is 0.466. The van der Waals surface area contributed by atoms with E-state index in [1.807, 2.05) is 0 Å². The van der Waals surface area contributed by atoms with Gasteiger partial charge in [-0.2, -0.15) is 0 Å². The van der Waals surface area contributed by atoms with Gasteiger partial charge in [-0.25, -0.2) is 9.59 Å². The van der Waals surface area contributed by atoms with Crippen LogP contribution in [0.1, 0.15) is 27.7 Å². The van der Waals surface area contributed by atoms with Gasteiger partial charge in [0.2, 0.25) is 0 Å². The van der Waals surface area contributed by atoms with Crippen molar-refractivity contribution in [3.05, 3.63) is 0 Å². The SMILES string of the molecule is CC(C)O[C@@H]1C(C(=O)O)O[C@@H](O[C@@H]2C(C(=O)O)O[C@@H](OC(C)C)[C@H](O)C2O)[C@H](O)C1O. The third kappa shape index (κ3) is 5.88. The first-order chi connectivity index (χ1) is 14.3. The van der Waals surface area contributed by atoms with Gasteiger partial charge >= 0.3 is 11.9 Å². The van der Waals surface area contributed by atoms with Gasteiger partial charge in [0, 0.05) is 0 Å². The van der Waals surface area contributed by atoms with Crippen LogP contribution in [0.15, 0.2) is 0 Å². The van der Waals surface area contributed by atoms with Gasteiger partial charge in [-0.05, 0) is 27.7 Å². The van der Waals surface area contributed by atoms with Gasteiger partial charge in [-0.15, -0.1) is 0 Å². The minimum atomic E-state index is -1.87. The number of hydrogen-bond donors (Lipinski definition) is 6. The first kappa shape index (κ1) is 25.8. The zero-order valence-corrected chi connectivity index (χ0v) is 17.5. The smallest absolute Gasteiger partial charge is 0.335 e. The summed E-state index contributed by atoms with van der Waals surface area (Å²) in [4.78, 5) is 23.3. The molecule has 0 aromatic heterocycles. The first-order valence-electron chi connectivity index (χ1n) is 9.80. The van der Waals surface area contributed by atoms with E-state index in [9.17, 15) is 40.2 Å². The Labute approximate surface area is 178 Å². The number of carboxylic acid groups (broad SMARTS) is 2. The molecule has 0 aliphatic carbocycles. The number of aliphatic hydroxyl groups excluding tert-OH is 4. The lowest BCUT2D eigenvalue weighted by molar-refractivity contribution is -0.355. The Bertz CT molecular complexity index is 626. The van der Waals surface area contributed by atoms with Crippen LogP contribution >= 0.6 is 0 Å². The molecule has 0 aromatic rings. The molecule has 31 heavy (non-hydrogen) atoms. The molecule has 6 N–H and O–H groups in total. The summed E-state index contributed by atoms with van der Waals surface area (Å²) in [6.45, 7) is 6.39.